The van der Waals surface area contributed by atoms with Crippen molar-refractivity contribution in [2.45, 2.75) is 38.0 Å². The van der Waals surface area contributed by atoms with Gasteiger partial charge in [0.15, 0.2) is 17.5 Å². The second-order valence-corrected chi connectivity index (χ2v) is 7.83. The summed E-state index contributed by atoms with van der Waals surface area (Å²) in [5.41, 5.74) is 7.09. The number of amides is 1. The second-order valence-electron chi connectivity index (χ2n) is 7.40. The van der Waals surface area contributed by atoms with Crippen LogP contribution < -0.4 is 21.7 Å². The highest BCUT2D eigenvalue weighted by molar-refractivity contribution is 6.31. The van der Waals surface area contributed by atoms with Crippen molar-refractivity contribution in [1.82, 2.24) is 25.5 Å². The molecule has 1 amide bonds. The SMILES string of the molecule is CCC(=O)N1CCC[C@](N)(Nc2nc(C3=CNC4NC=C(Cl)C=C34)ncc2F)C1. The van der Waals surface area contributed by atoms with Crippen LogP contribution in [0.25, 0.3) is 5.57 Å². The summed E-state index contributed by atoms with van der Waals surface area (Å²) < 4.78 is 14.5. The van der Waals surface area contributed by atoms with Crippen molar-refractivity contribution in [3.63, 3.8) is 0 Å². The number of nitrogens with one attached hydrogen (secondary N) is 3. The smallest absolute Gasteiger partial charge is 0.222 e. The fourth-order valence-corrected chi connectivity index (χ4v) is 3.96. The topological polar surface area (TPSA) is 108 Å². The summed E-state index contributed by atoms with van der Waals surface area (Å²) >= 11 is 6.10. The lowest BCUT2D eigenvalue weighted by atomic mass is 9.98. The molecule has 1 saturated heterocycles. The Morgan fingerprint density at radius 1 is 1.48 bits per heavy atom. The molecule has 4 rings (SSSR count). The fraction of sp³-hybridized carbons (Fsp3) is 0.421. The first-order valence-electron chi connectivity index (χ1n) is 9.56. The van der Waals surface area contributed by atoms with E-state index in [0.29, 0.717) is 42.4 Å². The summed E-state index contributed by atoms with van der Waals surface area (Å²) in [5.74, 6) is -0.211. The van der Waals surface area contributed by atoms with Crippen molar-refractivity contribution in [2.75, 3.05) is 18.4 Å². The van der Waals surface area contributed by atoms with Crippen LogP contribution >= 0.6 is 11.6 Å². The van der Waals surface area contributed by atoms with Crippen LogP contribution in [0, 0.1) is 5.82 Å². The first-order chi connectivity index (χ1) is 13.9. The minimum absolute atomic E-state index is 0.0126. The fourth-order valence-electron chi connectivity index (χ4n) is 3.78. The molecule has 8 nitrogen and oxygen atoms in total. The van der Waals surface area contributed by atoms with Crippen LogP contribution in [-0.2, 0) is 4.79 Å². The third-order valence-corrected chi connectivity index (χ3v) is 5.45. The van der Waals surface area contributed by atoms with Gasteiger partial charge in [0.2, 0.25) is 5.91 Å². The van der Waals surface area contributed by atoms with Crippen molar-refractivity contribution < 1.29 is 9.18 Å². The number of hydrogen-bond acceptors (Lipinski definition) is 7. The maximum absolute atomic E-state index is 14.5. The molecule has 3 aliphatic rings. The molecule has 3 aliphatic heterocycles. The van der Waals surface area contributed by atoms with Crippen molar-refractivity contribution in [3.8, 4) is 0 Å². The molecule has 0 aliphatic carbocycles. The Morgan fingerprint density at radius 2 is 2.28 bits per heavy atom. The molecule has 1 aromatic heterocycles. The Hall–Kier alpha value is -2.65. The lowest BCUT2D eigenvalue weighted by Crippen LogP contribution is -2.60. The molecule has 2 atom stereocenters. The van der Waals surface area contributed by atoms with E-state index >= 15 is 0 Å². The molecule has 1 fully saturated rings. The van der Waals surface area contributed by atoms with Gasteiger partial charge in [0.05, 0.1) is 17.8 Å². The van der Waals surface area contributed by atoms with Gasteiger partial charge in [-0.3, -0.25) is 4.79 Å². The first-order valence-corrected chi connectivity index (χ1v) is 9.94. The van der Waals surface area contributed by atoms with Gasteiger partial charge in [-0.25, -0.2) is 14.4 Å². The Bertz CT molecular complexity index is 931. The molecular formula is C19H23ClFN7O. The molecule has 1 unspecified atom stereocenters. The van der Waals surface area contributed by atoms with E-state index in [4.69, 9.17) is 17.3 Å². The predicted molar refractivity (Wildman–Crippen MR) is 109 cm³/mol. The van der Waals surface area contributed by atoms with Gasteiger partial charge < -0.3 is 26.6 Å². The third kappa shape index (κ3) is 3.92. The molecule has 5 N–H and O–H groups in total. The van der Waals surface area contributed by atoms with Crippen LogP contribution in [0.5, 0.6) is 0 Å². The van der Waals surface area contributed by atoms with Gasteiger partial charge in [0, 0.05) is 36.5 Å². The van der Waals surface area contributed by atoms with Gasteiger partial charge in [-0.1, -0.05) is 18.5 Å². The van der Waals surface area contributed by atoms with Gasteiger partial charge in [-0.15, -0.1) is 0 Å². The molecule has 0 saturated carbocycles. The lowest BCUT2D eigenvalue weighted by molar-refractivity contribution is -0.132. The number of dihydropyridines is 1. The van der Waals surface area contributed by atoms with E-state index in [9.17, 15) is 9.18 Å². The zero-order chi connectivity index (χ0) is 20.6. The number of anilines is 1. The zero-order valence-electron chi connectivity index (χ0n) is 16.0. The Labute approximate surface area is 173 Å². The number of hydrogen-bond donors (Lipinski definition) is 4. The summed E-state index contributed by atoms with van der Waals surface area (Å²) in [5, 5.41) is 9.86. The highest BCUT2D eigenvalue weighted by Crippen LogP contribution is 2.31. The highest BCUT2D eigenvalue weighted by atomic mass is 35.5. The van der Waals surface area contributed by atoms with Gasteiger partial charge in [-0.2, -0.15) is 0 Å². The first kappa shape index (κ1) is 19.7. The summed E-state index contributed by atoms with van der Waals surface area (Å²) in [6.45, 7) is 2.76. The molecule has 0 radical (unpaired) electrons. The average molecular weight is 420 g/mol. The normalized spacial score (nSPS) is 25.9. The molecular weight excluding hydrogens is 397 g/mol. The quantitative estimate of drug-likeness (QED) is 0.549. The maximum atomic E-state index is 14.5. The summed E-state index contributed by atoms with van der Waals surface area (Å²) in [6, 6.07) is 0. The molecule has 0 spiro atoms. The molecule has 0 aromatic carbocycles. The number of allylic oxidation sites excluding steroid dienone is 2. The van der Waals surface area contributed by atoms with Crippen LogP contribution in [0.4, 0.5) is 10.2 Å². The number of likely N-dealkylation sites (tertiary alicyclic amines) is 1. The minimum Gasteiger partial charge on any atom is -0.367 e. The van der Waals surface area contributed by atoms with E-state index in [0.717, 1.165) is 18.2 Å². The third-order valence-electron chi connectivity index (χ3n) is 5.23. The number of nitrogens with two attached hydrogens (primary N) is 1. The van der Waals surface area contributed by atoms with Crippen LogP contribution in [0.3, 0.4) is 0 Å². The van der Waals surface area contributed by atoms with Crippen molar-refractivity contribution in [3.05, 3.63) is 46.9 Å². The van der Waals surface area contributed by atoms with Crippen LogP contribution in [-0.4, -0.2) is 45.7 Å². The summed E-state index contributed by atoms with van der Waals surface area (Å²) in [7, 11) is 0. The van der Waals surface area contributed by atoms with Crippen LogP contribution in [0.15, 0.2) is 35.3 Å². The molecule has 1 aromatic rings. The standard InChI is InChI=1S/C19H23ClFN7O/c1-2-15(29)28-5-3-4-19(22,10-28)27-18-14(21)9-25-17(26-18)13-8-24-16-12(13)6-11(20)7-23-16/h6-9,16,23-24H,2-5,10,22H2,1H3,(H,25,26,27)/t16?,19-/m0/s1. The number of piperidine rings is 1. The largest absolute Gasteiger partial charge is 0.367 e. The lowest BCUT2D eigenvalue weighted by Gasteiger charge is -2.41. The maximum Gasteiger partial charge on any atom is 0.222 e. The Kier molecular flexibility index (Phi) is 5.18. The number of carbonyl (C=O) groups is 1. The number of halogens is 2. The Balaban J connectivity index is 1.58. The van der Waals surface area contributed by atoms with Gasteiger partial charge >= 0.3 is 0 Å². The highest BCUT2D eigenvalue weighted by Gasteiger charge is 2.35. The van der Waals surface area contributed by atoms with Gasteiger partial charge in [-0.05, 0) is 18.9 Å². The van der Waals surface area contributed by atoms with Gasteiger partial charge in [0.25, 0.3) is 0 Å². The number of fused-ring (bicyclic) bond motifs is 1. The second kappa shape index (κ2) is 7.64. The van der Waals surface area contributed by atoms with E-state index in [2.05, 4.69) is 25.9 Å². The molecule has 4 heterocycles. The number of carbonyl (C=O) groups excluding carboxylic acids is 1. The number of rotatable bonds is 4. The predicted octanol–water partition coefficient (Wildman–Crippen LogP) is 1.59. The van der Waals surface area contributed by atoms with Crippen LogP contribution in [0.2, 0.25) is 0 Å². The van der Waals surface area contributed by atoms with Crippen LogP contribution in [0.1, 0.15) is 32.0 Å². The van der Waals surface area contributed by atoms with E-state index < -0.39 is 11.5 Å². The minimum atomic E-state index is -0.960. The van der Waals surface area contributed by atoms with E-state index in [1.54, 1.807) is 17.3 Å². The molecule has 0 bridgehead atoms. The van der Waals surface area contributed by atoms with Crippen molar-refractivity contribution >= 4 is 28.9 Å². The Morgan fingerprint density at radius 3 is 3.07 bits per heavy atom. The summed E-state index contributed by atoms with van der Waals surface area (Å²) in [6.07, 6.45) is 8.00. The monoisotopic (exact) mass is 419 g/mol. The zero-order valence-corrected chi connectivity index (χ0v) is 16.8. The molecule has 154 valence electrons. The average Bonchev–Trinajstić information content (AvgIpc) is 3.12. The van der Waals surface area contributed by atoms with E-state index in [-0.39, 0.29) is 17.9 Å². The van der Waals surface area contributed by atoms with E-state index in [1.165, 1.54) is 0 Å². The molecule has 10 heteroatoms. The van der Waals surface area contributed by atoms with Gasteiger partial charge in [0.1, 0.15) is 11.8 Å². The van der Waals surface area contributed by atoms with E-state index in [1.807, 2.05) is 13.0 Å². The van der Waals surface area contributed by atoms with Crippen molar-refractivity contribution in [1.29, 1.82) is 0 Å². The van der Waals surface area contributed by atoms with Crippen molar-refractivity contribution in [2.24, 2.45) is 5.73 Å². The number of aromatic nitrogens is 2. The molecule has 29 heavy (non-hydrogen) atoms. The summed E-state index contributed by atoms with van der Waals surface area (Å²) in [4.78, 5) is 22.3. The number of nitrogens with zero attached hydrogens (tertiary/aromatic N) is 3.